The van der Waals surface area contributed by atoms with Crippen molar-refractivity contribution in [1.82, 2.24) is 4.57 Å². The molecule has 1 aromatic carbocycles. The highest BCUT2D eigenvalue weighted by Crippen LogP contribution is 2.25. The van der Waals surface area contributed by atoms with Crippen LogP contribution in [0.15, 0.2) is 24.3 Å². The van der Waals surface area contributed by atoms with Crippen LogP contribution in [-0.2, 0) is 23.1 Å². The third-order valence-corrected chi connectivity index (χ3v) is 4.50. The van der Waals surface area contributed by atoms with Gasteiger partial charge in [-0.1, -0.05) is 18.0 Å². The molecule has 0 unspecified atom stereocenters. The van der Waals surface area contributed by atoms with Gasteiger partial charge in [0.15, 0.2) is 0 Å². The summed E-state index contributed by atoms with van der Waals surface area (Å²) in [5, 5.41) is 1.81. The highest BCUT2D eigenvalue weighted by molar-refractivity contribution is 7.72. The van der Waals surface area contributed by atoms with Crippen LogP contribution in [0.4, 0.5) is 0 Å². The summed E-state index contributed by atoms with van der Waals surface area (Å²) in [6.07, 6.45) is 2.57. The molecule has 1 aromatic heterocycles. The maximum Gasteiger partial charge on any atom is 0.140 e. The second-order valence-electron chi connectivity index (χ2n) is 4.74. The molecular weight excluding hydrogens is 317 g/mol. The van der Waals surface area contributed by atoms with E-state index < -0.39 is 10.7 Å². The Labute approximate surface area is 130 Å². The molecule has 0 bridgehead atoms. The van der Waals surface area contributed by atoms with Gasteiger partial charge in [-0.25, -0.2) is 8.42 Å². The molecule has 0 amide bonds. The number of rotatable bonds is 7. The Bertz CT molecular complexity index is 656. The first-order valence-corrected chi connectivity index (χ1v) is 8.85. The van der Waals surface area contributed by atoms with E-state index in [0.717, 1.165) is 47.4 Å². The smallest absolute Gasteiger partial charge is 0.140 e. The third-order valence-electron chi connectivity index (χ3n) is 3.31. The summed E-state index contributed by atoms with van der Waals surface area (Å²) in [5.41, 5.74) is 2.19. The van der Waals surface area contributed by atoms with E-state index >= 15 is 0 Å². The van der Waals surface area contributed by atoms with Gasteiger partial charge in [0.2, 0.25) is 0 Å². The van der Waals surface area contributed by atoms with Crippen LogP contribution in [0.1, 0.15) is 25.0 Å². The predicted molar refractivity (Wildman–Crippen MR) is 85.5 cm³/mol. The lowest BCUT2D eigenvalue weighted by Gasteiger charge is -2.09. The average Bonchev–Trinajstić information content (AvgIpc) is 2.75. The minimum Gasteiger partial charge on any atom is -0.343 e. The Morgan fingerprint density at radius 3 is 2.60 bits per heavy atom. The quantitative estimate of drug-likeness (QED) is 0.475. The zero-order chi connectivity index (χ0) is 14.5. The number of aromatic nitrogens is 1. The number of hydrogen-bond donors (Lipinski definition) is 1. The molecule has 0 fully saturated rings. The number of thiol groups is 1. The average molecular weight is 334 g/mol. The van der Waals surface area contributed by atoms with Crippen molar-refractivity contribution in [1.29, 1.82) is 0 Å². The summed E-state index contributed by atoms with van der Waals surface area (Å²) in [4.78, 5) is 0. The van der Waals surface area contributed by atoms with Gasteiger partial charge in [-0.2, -0.15) is 0 Å². The van der Waals surface area contributed by atoms with Crippen LogP contribution >= 0.6 is 23.2 Å². The van der Waals surface area contributed by atoms with Crippen molar-refractivity contribution in [3.63, 3.8) is 0 Å². The highest BCUT2D eigenvalue weighted by atomic mass is 35.5. The molecule has 0 radical (unpaired) electrons. The molecule has 6 heteroatoms. The molecule has 0 aliphatic rings. The van der Waals surface area contributed by atoms with Crippen molar-refractivity contribution < 1.29 is 8.42 Å². The molecule has 110 valence electrons. The Kier molecular flexibility index (Phi) is 5.75. The maximum absolute atomic E-state index is 10.5. The van der Waals surface area contributed by atoms with Gasteiger partial charge in [0.05, 0.1) is 5.88 Å². The highest BCUT2D eigenvalue weighted by Gasteiger charge is 2.08. The van der Waals surface area contributed by atoms with Crippen LogP contribution in [0.25, 0.3) is 10.9 Å². The molecule has 0 spiro atoms. The van der Waals surface area contributed by atoms with Gasteiger partial charge in [-0.05, 0) is 37.1 Å². The van der Waals surface area contributed by atoms with Crippen molar-refractivity contribution in [2.75, 3.05) is 5.75 Å². The van der Waals surface area contributed by atoms with Crippen LogP contribution in [-0.4, -0.2) is 18.7 Å². The van der Waals surface area contributed by atoms with E-state index in [1.807, 2.05) is 18.2 Å². The number of fused-ring (bicyclic) bond motifs is 1. The van der Waals surface area contributed by atoms with Gasteiger partial charge in [0.1, 0.15) is 10.7 Å². The second kappa shape index (κ2) is 7.34. The first kappa shape index (κ1) is 15.7. The number of halogens is 2. The third kappa shape index (κ3) is 3.90. The molecule has 0 N–H and O–H groups in total. The van der Waals surface area contributed by atoms with E-state index in [-0.39, 0.29) is 5.75 Å². The summed E-state index contributed by atoms with van der Waals surface area (Å²) in [5.74, 6) is 0.735. The Hall–Kier alpha value is -0.710. The van der Waals surface area contributed by atoms with Crippen molar-refractivity contribution in [2.45, 2.75) is 31.7 Å². The summed E-state index contributed by atoms with van der Waals surface area (Å²) in [6.45, 7) is 0.850. The molecule has 0 aliphatic carbocycles. The summed E-state index contributed by atoms with van der Waals surface area (Å²) in [6, 6.07) is 7.87. The first-order chi connectivity index (χ1) is 9.61. The van der Waals surface area contributed by atoms with E-state index in [4.69, 9.17) is 23.2 Å². The Balaban J connectivity index is 2.08. The minimum atomic E-state index is -2.25. The van der Waals surface area contributed by atoms with Gasteiger partial charge >= 0.3 is 0 Å². The fourth-order valence-electron chi connectivity index (χ4n) is 2.36. The van der Waals surface area contributed by atoms with Crippen molar-refractivity contribution >= 4 is 44.8 Å². The van der Waals surface area contributed by atoms with Crippen LogP contribution < -0.4 is 0 Å². The molecule has 20 heavy (non-hydrogen) atoms. The molecule has 0 saturated carbocycles. The van der Waals surface area contributed by atoms with Crippen LogP contribution in [0.2, 0.25) is 5.02 Å². The molecule has 2 aromatic rings. The van der Waals surface area contributed by atoms with Gasteiger partial charge < -0.3 is 4.57 Å². The molecule has 3 nitrogen and oxygen atoms in total. The minimum absolute atomic E-state index is 0.278. The molecule has 2 rings (SSSR count). The number of benzene rings is 1. The standard InChI is InChI=1S/C14H17Cl2NO2S/c15-10-13-9-11-8-12(16)4-5-14(11)17(13)6-2-1-3-7-20(18)19/h4-5,8-9,20H,1-3,6-7,10H2. The fourth-order valence-corrected chi connectivity index (χ4v) is 3.25. The molecule has 0 aliphatic heterocycles. The number of alkyl halides is 1. The van der Waals surface area contributed by atoms with Gasteiger partial charge in [0.25, 0.3) is 0 Å². The monoisotopic (exact) mass is 333 g/mol. The molecule has 0 atom stereocenters. The van der Waals surface area contributed by atoms with Crippen molar-refractivity contribution in [2.24, 2.45) is 0 Å². The molecule has 1 heterocycles. The SMILES string of the molecule is O=[SH](=O)CCCCCn1c(CCl)cc2cc(Cl)ccc21. The number of nitrogens with zero attached hydrogens (tertiary/aromatic N) is 1. The van der Waals surface area contributed by atoms with Crippen molar-refractivity contribution in [3.05, 3.63) is 35.0 Å². The second-order valence-corrected chi connectivity index (χ2v) is 6.56. The summed E-state index contributed by atoms with van der Waals surface area (Å²) in [7, 11) is -2.25. The van der Waals surface area contributed by atoms with Gasteiger partial charge in [-0.3, -0.25) is 0 Å². The largest absolute Gasteiger partial charge is 0.343 e. The van der Waals surface area contributed by atoms with Crippen LogP contribution in [0.3, 0.4) is 0 Å². The lowest BCUT2D eigenvalue weighted by Crippen LogP contribution is -2.02. The zero-order valence-electron chi connectivity index (χ0n) is 11.0. The summed E-state index contributed by atoms with van der Waals surface area (Å²) >= 11 is 12.0. The molecule has 0 saturated heterocycles. The predicted octanol–water partition coefficient (Wildman–Crippen LogP) is 3.82. The van der Waals surface area contributed by atoms with E-state index in [0.29, 0.717) is 5.88 Å². The topological polar surface area (TPSA) is 39.1 Å². The number of unbranched alkanes of at least 4 members (excludes halogenated alkanes) is 2. The fraction of sp³-hybridized carbons (Fsp3) is 0.429. The number of aryl methyl sites for hydroxylation is 1. The molecular formula is C14H17Cl2NO2S. The van der Waals surface area contributed by atoms with Gasteiger partial charge in [0, 0.05) is 33.9 Å². The van der Waals surface area contributed by atoms with E-state index in [2.05, 4.69) is 10.6 Å². The zero-order valence-corrected chi connectivity index (χ0v) is 13.4. The maximum atomic E-state index is 10.5. The van der Waals surface area contributed by atoms with Crippen LogP contribution in [0.5, 0.6) is 0 Å². The Morgan fingerprint density at radius 2 is 1.90 bits per heavy atom. The lowest BCUT2D eigenvalue weighted by atomic mass is 10.2. The van der Waals surface area contributed by atoms with Crippen LogP contribution in [0, 0.1) is 0 Å². The summed E-state index contributed by atoms with van der Waals surface area (Å²) < 4.78 is 23.2. The number of hydrogen-bond acceptors (Lipinski definition) is 2. The van der Waals surface area contributed by atoms with Crippen molar-refractivity contribution in [3.8, 4) is 0 Å². The van der Waals surface area contributed by atoms with Gasteiger partial charge in [-0.15, -0.1) is 11.6 Å². The van der Waals surface area contributed by atoms with E-state index in [9.17, 15) is 8.42 Å². The lowest BCUT2D eigenvalue weighted by molar-refractivity contribution is 0.590. The van der Waals surface area contributed by atoms with E-state index in [1.54, 1.807) is 0 Å². The normalized spacial score (nSPS) is 11.6. The Morgan fingerprint density at radius 1 is 1.10 bits per heavy atom. The first-order valence-electron chi connectivity index (χ1n) is 6.57. The van der Waals surface area contributed by atoms with E-state index in [1.165, 1.54) is 0 Å².